The summed E-state index contributed by atoms with van der Waals surface area (Å²) in [5, 5.41) is 6.36. The Labute approximate surface area is 127 Å². The van der Waals surface area contributed by atoms with Crippen molar-refractivity contribution in [2.75, 3.05) is 6.54 Å². The smallest absolute Gasteiger partial charge is 0.260 e. The van der Waals surface area contributed by atoms with E-state index in [0.29, 0.717) is 6.04 Å². The van der Waals surface area contributed by atoms with Gasteiger partial charge < -0.3 is 15.4 Å². The Morgan fingerprint density at radius 1 is 1.38 bits per heavy atom. The molecule has 2 N–H and O–H groups in total. The van der Waals surface area contributed by atoms with Crippen molar-refractivity contribution in [2.45, 2.75) is 58.7 Å². The van der Waals surface area contributed by atoms with Gasteiger partial charge in [-0.2, -0.15) is 0 Å². The summed E-state index contributed by atoms with van der Waals surface area (Å²) in [4.78, 5) is 11.9. The van der Waals surface area contributed by atoms with Crippen molar-refractivity contribution in [3.05, 3.63) is 29.3 Å². The summed E-state index contributed by atoms with van der Waals surface area (Å²) >= 11 is 0. The van der Waals surface area contributed by atoms with Crippen molar-refractivity contribution >= 4 is 5.91 Å². The molecule has 2 unspecified atom stereocenters. The highest BCUT2D eigenvalue weighted by Gasteiger charge is 2.22. The van der Waals surface area contributed by atoms with Crippen LogP contribution in [0.2, 0.25) is 0 Å². The highest BCUT2D eigenvalue weighted by atomic mass is 16.5. The maximum absolute atomic E-state index is 11.9. The Hall–Kier alpha value is -1.55. The van der Waals surface area contributed by atoms with Crippen LogP contribution in [-0.2, 0) is 11.2 Å². The second kappa shape index (κ2) is 6.94. The molecular formula is C17H26N2O2. The van der Waals surface area contributed by atoms with Gasteiger partial charge in [-0.1, -0.05) is 13.0 Å². The van der Waals surface area contributed by atoms with E-state index in [2.05, 4.69) is 29.7 Å². The van der Waals surface area contributed by atoms with Gasteiger partial charge in [0.25, 0.3) is 5.91 Å². The average molecular weight is 290 g/mol. The number of nitrogens with one attached hydrogen (secondary N) is 2. The molecule has 0 bridgehead atoms. The number of carbonyl (C=O) groups excluding carboxylic acids is 1. The van der Waals surface area contributed by atoms with Crippen LogP contribution in [0.25, 0.3) is 0 Å². The van der Waals surface area contributed by atoms with Crippen LogP contribution in [0, 0.1) is 0 Å². The van der Waals surface area contributed by atoms with E-state index in [0.717, 1.165) is 25.1 Å². The van der Waals surface area contributed by atoms with Crippen LogP contribution in [0.15, 0.2) is 18.2 Å². The van der Waals surface area contributed by atoms with Gasteiger partial charge in [-0.3, -0.25) is 4.79 Å². The van der Waals surface area contributed by atoms with Crippen LogP contribution in [0.4, 0.5) is 0 Å². The zero-order chi connectivity index (χ0) is 15.4. The van der Waals surface area contributed by atoms with Gasteiger partial charge in [0.05, 0.1) is 0 Å². The lowest BCUT2D eigenvalue weighted by Gasteiger charge is -2.17. The summed E-state index contributed by atoms with van der Waals surface area (Å²) in [6, 6.07) is 6.75. The molecule has 21 heavy (non-hydrogen) atoms. The van der Waals surface area contributed by atoms with E-state index < -0.39 is 6.10 Å². The molecule has 1 aromatic carbocycles. The molecule has 1 aliphatic carbocycles. The van der Waals surface area contributed by atoms with E-state index in [9.17, 15) is 4.79 Å². The molecule has 0 spiro atoms. The first-order chi connectivity index (χ1) is 10.0. The first kappa shape index (κ1) is 15.8. The minimum Gasteiger partial charge on any atom is -0.481 e. The number of ether oxygens (including phenoxy) is 1. The second-order valence-corrected chi connectivity index (χ2v) is 5.93. The standard InChI is InChI=1S/C17H26N2O2/c1-5-18-16-9-6-13-10-14(7-8-15(13)16)21-12(4)17(20)19-11(2)3/h7-8,10-12,16,18H,5-6,9H2,1-4H3,(H,19,20). The Kier molecular flexibility index (Phi) is 5.23. The lowest BCUT2D eigenvalue weighted by Crippen LogP contribution is -2.40. The molecule has 1 amide bonds. The quantitative estimate of drug-likeness (QED) is 0.846. The molecule has 0 heterocycles. The lowest BCUT2D eigenvalue weighted by atomic mass is 10.1. The lowest BCUT2D eigenvalue weighted by molar-refractivity contribution is -0.127. The summed E-state index contributed by atoms with van der Waals surface area (Å²) in [5.41, 5.74) is 2.69. The van der Waals surface area contributed by atoms with Crippen molar-refractivity contribution in [1.29, 1.82) is 0 Å². The third kappa shape index (κ3) is 3.97. The normalized spacial score (nSPS) is 18.4. The predicted molar refractivity (Wildman–Crippen MR) is 84.5 cm³/mol. The minimum atomic E-state index is -0.476. The van der Waals surface area contributed by atoms with E-state index in [4.69, 9.17) is 4.74 Å². The molecular weight excluding hydrogens is 264 g/mol. The summed E-state index contributed by atoms with van der Waals surface area (Å²) in [6.07, 6.45) is 1.73. The van der Waals surface area contributed by atoms with Crippen LogP contribution >= 0.6 is 0 Å². The first-order valence-electron chi connectivity index (χ1n) is 7.84. The third-order valence-electron chi connectivity index (χ3n) is 3.76. The van der Waals surface area contributed by atoms with Gasteiger partial charge in [0, 0.05) is 12.1 Å². The van der Waals surface area contributed by atoms with E-state index in [1.165, 1.54) is 11.1 Å². The summed E-state index contributed by atoms with van der Waals surface area (Å²) in [6.45, 7) is 8.79. The molecule has 4 heteroatoms. The average Bonchev–Trinajstić information content (AvgIpc) is 2.81. The molecule has 0 saturated carbocycles. The molecule has 1 aromatic rings. The number of hydrogen-bond acceptors (Lipinski definition) is 3. The second-order valence-electron chi connectivity index (χ2n) is 5.93. The zero-order valence-corrected chi connectivity index (χ0v) is 13.4. The third-order valence-corrected chi connectivity index (χ3v) is 3.76. The van der Waals surface area contributed by atoms with Crippen molar-refractivity contribution < 1.29 is 9.53 Å². The molecule has 2 rings (SSSR count). The molecule has 0 aromatic heterocycles. The van der Waals surface area contributed by atoms with Crippen LogP contribution in [0.1, 0.15) is 51.3 Å². The molecule has 116 valence electrons. The predicted octanol–water partition coefficient (Wildman–Crippen LogP) is 2.58. The maximum atomic E-state index is 11.9. The highest BCUT2D eigenvalue weighted by Crippen LogP contribution is 2.33. The first-order valence-corrected chi connectivity index (χ1v) is 7.84. The highest BCUT2D eigenvalue weighted by molar-refractivity contribution is 5.80. The van der Waals surface area contributed by atoms with E-state index in [1.807, 2.05) is 19.9 Å². The van der Waals surface area contributed by atoms with Crippen molar-refractivity contribution in [2.24, 2.45) is 0 Å². The fourth-order valence-corrected chi connectivity index (χ4v) is 2.79. The number of fused-ring (bicyclic) bond motifs is 1. The number of carbonyl (C=O) groups is 1. The van der Waals surface area contributed by atoms with Gasteiger partial charge in [-0.15, -0.1) is 0 Å². The van der Waals surface area contributed by atoms with Crippen molar-refractivity contribution in [3.63, 3.8) is 0 Å². The van der Waals surface area contributed by atoms with E-state index in [-0.39, 0.29) is 11.9 Å². The van der Waals surface area contributed by atoms with Crippen LogP contribution in [-0.4, -0.2) is 24.6 Å². The largest absolute Gasteiger partial charge is 0.481 e. The molecule has 0 aliphatic heterocycles. The monoisotopic (exact) mass is 290 g/mol. The Balaban J connectivity index is 2.01. The number of benzene rings is 1. The maximum Gasteiger partial charge on any atom is 0.260 e. The molecule has 0 radical (unpaired) electrons. The van der Waals surface area contributed by atoms with Gasteiger partial charge in [0.15, 0.2) is 6.10 Å². The van der Waals surface area contributed by atoms with E-state index in [1.54, 1.807) is 6.92 Å². The topological polar surface area (TPSA) is 50.4 Å². The van der Waals surface area contributed by atoms with Gasteiger partial charge in [-0.25, -0.2) is 0 Å². The van der Waals surface area contributed by atoms with Crippen LogP contribution < -0.4 is 15.4 Å². The van der Waals surface area contributed by atoms with Gasteiger partial charge in [0.1, 0.15) is 5.75 Å². The van der Waals surface area contributed by atoms with Crippen LogP contribution in [0.5, 0.6) is 5.75 Å². The number of aryl methyl sites for hydroxylation is 1. The number of hydrogen-bond donors (Lipinski definition) is 2. The SMILES string of the molecule is CCNC1CCc2cc(OC(C)C(=O)NC(C)C)ccc21. The number of amides is 1. The van der Waals surface area contributed by atoms with Gasteiger partial charge >= 0.3 is 0 Å². The number of rotatable bonds is 6. The Bertz CT molecular complexity index is 500. The minimum absolute atomic E-state index is 0.0731. The Morgan fingerprint density at radius 2 is 2.14 bits per heavy atom. The zero-order valence-electron chi connectivity index (χ0n) is 13.4. The van der Waals surface area contributed by atoms with Crippen molar-refractivity contribution in [3.8, 4) is 5.75 Å². The van der Waals surface area contributed by atoms with Gasteiger partial charge in [-0.05, 0) is 63.4 Å². The summed E-state index contributed by atoms with van der Waals surface area (Å²) in [7, 11) is 0. The Morgan fingerprint density at radius 3 is 2.81 bits per heavy atom. The summed E-state index contributed by atoms with van der Waals surface area (Å²) < 4.78 is 5.77. The summed E-state index contributed by atoms with van der Waals surface area (Å²) in [5.74, 6) is 0.702. The molecule has 2 atom stereocenters. The molecule has 1 aliphatic rings. The molecule has 4 nitrogen and oxygen atoms in total. The van der Waals surface area contributed by atoms with Crippen LogP contribution in [0.3, 0.4) is 0 Å². The fourth-order valence-electron chi connectivity index (χ4n) is 2.79. The molecule has 0 fully saturated rings. The fraction of sp³-hybridized carbons (Fsp3) is 0.588. The van der Waals surface area contributed by atoms with E-state index >= 15 is 0 Å². The molecule has 0 saturated heterocycles. The van der Waals surface area contributed by atoms with Gasteiger partial charge in [0.2, 0.25) is 0 Å². The van der Waals surface area contributed by atoms with Crippen molar-refractivity contribution in [1.82, 2.24) is 10.6 Å².